The van der Waals surface area contributed by atoms with Gasteiger partial charge in [0.15, 0.2) is 11.5 Å². The Bertz CT molecular complexity index is 1530. The number of hydrogen-bond acceptors (Lipinski definition) is 7. The summed E-state index contributed by atoms with van der Waals surface area (Å²) in [7, 11) is 3.12. The van der Waals surface area contributed by atoms with Crippen molar-refractivity contribution >= 4 is 28.8 Å². The molecule has 0 unspecified atom stereocenters. The highest BCUT2D eigenvalue weighted by molar-refractivity contribution is 6.01. The first-order valence-electron chi connectivity index (χ1n) is 14.2. The number of amides is 1. The Labute approximate surface area is 245 Å². The number of ether oxygens (including phenoxy) is 2. The smallest absolute Gasteiger partial charge is 0.269 e. The van der Waals surface area contributed by atoms with E-state index in [0.29, 0.717) is 40.6 Å². The van der Waals surface area contributed by atoms with Crippen molar-refractivity contribution in [1.82, 2.24) is 0 Å². The van der Waals surface area contributed by atoms with Crippen LogP contribution in [0, 0.1) is 16.0 Å². The van der Waals surface area contributed by atoms with E-state index in [9.17, 15) is 19.7 Å². The van der Waals surface area contributed by atoms with Crippen molar-refractivity contribution in [1.29, 1.82) is 0 Å². The maximum Gasteiger partial charge on any atom is 0.269 e. The van der Waals surface area contributed by atoms with Crippen LogP contribution in [-0.4, -0.2) is 30.8 Å². The van der Waals surface area contributed by atoms with Crippen molar-refractivity contribution in [2.75, 3.05) is 24.4 Å². The first-order chi connectivity index (χ1) is 20.4. The number of allylic oxidation sites excluding steroid dienone is 1. The Hall–Kier alpha value is -4.66. The highest BCUT2D eigenvalue weighted by atomic mass is 16.6. The Morgan fingerprint density at radius 3 is 2.52 bits per heavy atom. The normalized spacial score (nSPS) is 19.5. The molecular weight excluding hydrogens is 534 g/mol. The van der Waals surface area contributed by atoms with Gasteiger partial charge in [-0.1, -0.05) is 56.2 Å². The lowest BCUT2D eigenvalue weighted by Crippen LogP contribution is -2.42. The molecule has 1 amide bonds. The minimum absolute atomic E-state index is 0.0216. The molecule has 2 aliphatic rings. The number of benzene rings is 3. The molecule has 1 N–H and O–H groups in total. The highest BCUT2D eigenvalue weighted by Gasteiger charge is 2.45. The Morgan fingerprint density at radius 1 is 1.00 bits per heavy atom. The zero-order valence-electron chi connectivity index (χ0n) is 24.0. The summed E-state index contributed by atoms with van der Waals surface area (Å²) in [6.45, 7) is 2.09. The lowest BCUT2D eigenvalue weighted by Gasteiger charge is -2.38. The quantitative estimate of drug-likeness (QED) is 0.169. The summed E-state index contributed by atoms with van der Waals surface area (Å²) in [5, 5.41) is 14.9. The summed E-state index contributed by atoms with van der Waals surface area (Å²) >= 11 is 0. The number of nitrogens with zero attached hydrogens (tertiary/aromatic N) is 2. The van der Waals surface area contributed by atoms with E-state index < -0.39 is 16.9 Å². The first kappa shape index (κ1) is 28.9. The number of methoxy groups -OCH3 is 2. The minimum Gasteiger partial charge on any atom is -0.493 e. The van der Waals surface area contributed by atoms with Gasteiger partial charge in [0.05, 0.1) is 42.5 Å². The van der Waals surface area contributed by atoms with E-state index in [2.05, 4.69) is 12.2 Å². The van der Waals surface area contributed by atoms with Crippen LogP contribution >= 0.6 is 0 Å². The number of para-hydroxylation sites is 2. The molecule has 0 spiro atoms. The molecule has 9 heteroatoms. The van der Waals surface area contributed by atoms with Crippen LogP contribution in [0.4, 0.5) is 17.1 Å². The molecule has 1 aliphatic carbocycles. The van der Waals surface area contributed by atoms with E-state index in [4.69, 9.17) is 9.47 Å². The lowest BCUT2D eigenvalue weighted by molar-refractivity contribution is -0.384. The number of non-ortho nitro benzene ring substituents is 1. The third-order valence-electron chi connectivity index (χ3n) is 8.04. The molecule has 0 radical (unpaired) electrons. The number of unbranched alkanes of at least 4 members (excludes halogenated alkanes) is 2. The number of hydrogen-bond donors (Lipinski definition) is 1. The summed E-state index contributed by atoms with van der Waals surface area (Å²) in [5.74, 6) is -0.127. The monoisotopic (exact) mass is 569 g/mol. The van der Waals surface area contributed by atoms with Crippen molar-refractivity contribution in [3.05, 3.63) is 99.7 Å². The Morgan fingerprint density at radius 2 is 1.79 bits per heavy atom. The molecule has 42 heavy (non-hydrogen) atoms. The van der Waals surface area contributed by atoms with Gasteiger partial charge in [0.2, 0.25) is 5.91 Å². The summed E-state index contributed by atoms with van der Waals surface area (Å²) in [6, 6.07) is 18.8. The van der Waals surface area contributed by atoms with Crippen LogP contribution in [-0.2, 0) is 9.59 Å². The van der Waals surface area contributed by atoms with E-state index in [1.807, 2.05) is 48.5 Å². The number of nitrogens with one attached hydrogen (secondary N) is 1. The number of anilines is 2. The van der Waals surface area contributed by atoms with Gasteiger partial charge >= 0.3 is 0 Å². The number of rotatable bonds is 9. The van der Waals surface area contributed by atoms with Crippen LogP contribution in [0.15, 0.2) is 78.5 Å². The third kappa shape index (κ3) is 5.59. The second kappa shape index (κ2) is 12.5. The predicted octanol–water partition coefficient (Wildman–Crippen LogP) is 6.95. The maximum atomic E-state index is 14.2. The molecule has 218 valence electrons. The van der Waals surface area contributed by atoms with E-state index in [-0.39, 0.29) is 29.7 Å². The number of nitro benzene ring substituents is 1. The number of ketones is 1. The van der Waals surface area contributed by atoms with Crippen LogP contribution in [0.2, 0.25) is 0 Å². The molecular formula is C33H35N3O6. The maximum absolute atomic E-state index is 14.2. The fraction of sp³-hybridized carbons (Fsp3) is 0.333. The molecule has 3 atom stereocenters. The standard InChI is InChI=1S/C33H35N3O6/c1-4-5-6-14-31(38)35-27-13-8-7-12-25(27)34-26-18-23(21-10-9-11-24(17-21)36(39)40)19-28(37)32(26)33(35)22-15-16-29(41-2)30(20-22)42-3/h7-13,15-18,20,23,32-34H,4-6,14,19H2,1-3H3/t23-,32+,33+/m1/s1. The fourth-order valence-electron chi connectivity index (χ4n) is 6.00. The molecule has 0 bridgehead atoms. The summed E-state index contributed by atoms with van der Waals surface area (Å²) in [6.07, 6.45) is 5.14. The largest absolute Gasteiger partial charge is 0.493 e. The summed E-state index contributed by atoms with van der Waals surface area (Å²) < 4.78 is 11.1. The number of Topliss-reactive ketones (excluding diaryl/α,β-unsaturated/α-hetero) is 1. The number of nitro groups is 1. The van der Waals surface area contributed by atoms with Crippen LogP contribution in [0.1, 0.15) is 62.1 Å². The zero-order valence-corrected chi connectivity index (χ0v) is 24.0. The number of fused-ring (bicyclic) bond motifs is 2. The van der Waals surface area contributed by atoms with Crippen molar-refractivity contribution in [3.8, 4) is 11.5 Å². The van der Waals surface area contributed by atoms with Gasteiger partial charge in [0, 0.05) is 36.6 Å². The molecule has 0 aromatic heterocycles. The molecule has 9 nitrogen and oxygen atoms in total. The highest BCUT2D eigenvalue weighted by Crippen LogP contribution is 2.49. The Balaban J connectivity index is 1.69. The minimum atomic E-state index is -0.694. The van der Waals surface area contributed by atoms with E-state index in [1.54, 1.807) is 31.3 Å². The SMILES string of the molecule is CCCCCC(=O)N1c2ccccc2NC2=C[C@@H](c3cccc([N+](=O)[O-])c3)CC(=O)[C@H]2[C@@H]1c1ccc(OC)c(OC)c1. The zero-order chi connectivity index (χ0) is 29.8. The van der Waals surface area contributed by atoms with Gasteiger partial charge in [-0.3, -0.25) is 19.7 Å². The van der Waals surface area contributed by atoms with E-state index >= 15 is 0 Å². The van der Waals surface area contributed by atoms with Crippen molar-refractivity contribution in [3.63, 3.8) is 0 Å². The van der Waals surface area contributed by atoms with Gasteiger partial charge in [-0.25, -0.2) is 0 Å². The second-order valence-electron chi connectivity index (χ2n) is 10.7. The van der Waals surface area contributed by atoms with Gasteiger partial charge in [-0.15, -0.1) is 0 Å². The van der Waals surface area contributed by atoms with Crippen molar-refractivity contribution in [2.45, 2.75) is 51.0 Å². The average Bonchev–Trinajstić information content (AvgIpc) is 3.15. The van der Waals surface area contributed by atoms with Crippen molar-refractivity contribution in [2.24, 2.45) is 5.92 Å². The molecule has 1 aliphatic heterocycles. The molecule has 5 rings (SSSR count). The van der Waals surface area contributed by atoms with Crippen LogP contribution in [0.3, 0.4) is 0 Å². The lowest BCUT2D eigenvalue weighted by atomic mass is 9.76. The van der Waals surface area contributed by atoms with Crippen LogP contribution < -0.4 is 19.7 Å². The summed E-state index contributed by atoms with van der Waals surface area (Å²) in [4.78, 5) is 41.1. The fourth-order valence-corrected chi connectivity index (χ4v) is 6.00. The molecule has 0 fully saturated rings. The molecule has 3 aromatic rings. The van der Waals surface area contributed by atoms with Gasteiger partial charge < -0.3 is 19.7 Å². The first-order valence-corrected chi connectivity index (χ1v) is 14.2. The number of carbonyl (C=O) groups excluding carboxylic acids is 2. The summed E-state index contributed by atoms with van der Waals surface area (Å²) in [5.41, 5.74) is 3.48. The third-order valence-corrected chi connectivity index (χ3v) is 8.04. The van der Waals surface area contributed by atoms with E-state index in [0.717, 1.165) is 24.8 Å². The molecule has 3 aromatic carbocycles. The van der Waals surface area contributed by atoms with Gasteiger partial charge in [-0.2, -0.15) is 0 Å². The molecule has 0 saturated carbocycles. The van der Waals surface area contributed by atoms with Crippen molar-refractivity contribution < 1.29 is 24.0 Å². The topological polar surface area (TPSA) is 111 Å². The van der Waals surface area contributed by atoms with Crippen LogP contribution in [0.25, 0.3) is 0 Å². The second-order valence-corrected chi connectivity index (χ2v) is 10.7. The van der Waals surface area contributed by atoms with E-state index in [1.165, 1.54) is 12.1 Å². The Kier molecular flexibility index (Phi) is 8.56. The average molecular weight is 570 g/mol. The number of carbonyl (C=O) groups is 2. The van der Waals surface area contributed by atoms with Gasteiger partial charge in [0.25, 0.3) is 5.69 Å². The van der Waals surface area contributed by atoms with Gasteiger partial charge in [-0.05, 0) is 41.8 Å². The van der Waals surface area contributed by atoms with Gasteiger partial charge in [0.1, 0.15) is 5.78 Å². The predicted molar refractivity (Wildman–Crippen MR) is 161 cm³/mol. The van der Waals surface area contributed by atoms with Crippen LogP contribution in [0.5, 0.6) is 11.5 Å². The molecule has 0 saturated heterocycles. The molecule has 1 heterocycles.